The van der Waals surface area contributed by atoms with Crippen LogP contribution >= 0.6 is 0 Å². The van der Waals surface area contributed by atoms with Crippen LogP contribution in [0.15, 0.2) is 30.6 Å². The molecular formula is C12H11N5O2. The fourth-order valence-electron chi connectivity index (χ4n) is 1.45. The van der Waals surface area contributed by atoms with Crippen molar-refractivity contribution < 1.29 is 9.53 Å². The normalized spacial score (nSPS) is 11.6. The SMILES string of the molecule is CC[C@@H](C#N)OC(=O)c1cccc(-n2cnnn2)c1. The molecule has 0 bridgehead atoms. The van der Waals surface area contributed by atoms with Crippen molar-refractivity contribution in [3.8, 4) is 11.8 Å². The number of esters is 1. The lowest BCUT2D eigenvalue weighted by Gasteiger charge is -2.09. The second-order valence-electron chi connectivity index (χ2n) is 3.74. The van der Waals surface area contributed by atoms with E-state index in [0.717, 1.165) is 0 Å². The van der Waals surface area contributed by atoms with Crippen LogP contribution in [0.25, 0.3) is 5.69 Å². The zero-order valence-electron chi connectivity index (χ0n) is 10.2. The average molecular weight is 257 g/mol. The second-order valence-corrected chi connectivity index (χ2v) is 3.74. The third-order valence-electron chi connectivity index (χ3n) is 2.46. The van der Waals surface area contributed by atoms with E-state index in [4.69, 9.17) is 10.00 Å². The summed E-state index contributed by atoms with van der Waals surface area (Å²) in [5, 5.41) is 19.5. The van der Waals surface area contributed by atoms with Gasteiger partial charge in [0.15, 0.2) is 6.10 Å². The zero-order chi connectivity index (χ0) is 13.7. The molecule has 0 aliphatic carbocycles. The van der Waals surface area contributed by atoms with Gasteiger partial charge in [0.05, 0.1) is 11.3 Å². The van der Waals surface area contributed by atoms with Crippen molar-refractivity contribution in [3.63, 3.8) is 0 Å². The molecule has 0 unspecified atom stereocenters. The lowest BCUT2D eigenvalue weighted by molar-refractivity contribution is 0.0401. The topological polar surface area (TPSA) is 93.7 Å². The number of benzene rings is 1. The molecule has 0 fully saturated rings. The van der Waals surface area contributed by atoms with Gasteiger partial charge in [0.25, 0.3) is 0 Å². The number of hydrogen-bond donors (Lipinski definition) is 0. The summed E-state index contributed by atoms with van der Waals surface area (Å²) < 4.78 is 6.48. The zero-order valence-corrected chi connectivity index (χ0v) is 10.2. The Morgan fingerprint density at radius 3 is 3.05 bits per heavy atom. The van der Waals surface area contributed by atoms with E-state index in [0.29, 0.717) is 17.7 Å². The van der Waals surface area contributed by atoms with Crippen molar-refractivity contribution >= 4 is 5.97 Å². The van der Waals surface area contributed by atoms with Crippen molar-refractivity contribution in [2.45, 2.75) is 19.4 Å². The molecule has 0 aliphatic heterocycles. The molecule has 0 saturated heterocycles. The van der Waals surface area contributed by atoms with Crippen LogP contribution in [-0.2, 0) is 4.74 Å². The molecule has 0 aliphatic rings. The molecule has 96 valence electrons. The van der Waals surface area contributed by atoms with Gasteiger partial charge in [0.1, 0.15) is 12.4 Å². The van der Waals surface area contributed by atoms with Crippen LogP contribution in [0.1, 0.15) is 23.7 Å². The van der Waals surface area contributed by atoms with E-state index in [1.807, 2.05) is 6.07 Å². The third kappa shape index (κ3) is 2.93. The van der Waals surface area contributed by atoms with Crippen LogP contribution in [0.3, 0.4) is 0 Å². The molecular weight excluding hydrogens is 246 g/mol. The van der Waals surface area contributed by atoms with E-state index in [9.17, 15) is 4.79 Å². The van der Waals surface area contributed by atoms with Gasteiger partial charge >= 0.3 is 5.97 Å². The molecule has 1 aromatic carbocycles. The van der Waals surface area contributed by atoms with Crippen LogP contribution in [0.4, 0.5) is 0 Å². The number of hydrogen-bond acceptors (Lipinski definition) is 6. The highest BCUT2D eigenvalue weighted by Crippen LogP contribution is 2.11. The number of ether oxygens (including phenoxy) is 1. The summed E-state index contributed by atoms with van der Waals surface area (Å²) in [6.45, 7) is 1.78. The summed E-state index contributed by atoms with van der Waals surface area (Å²) in [5.41, 5.74) is 0.992. The molecule has 2 rings (SSSR count). The minimum absolute atomic E-state index is 0.349. The van der Waals surface area contributed by atoms with Crippen LogP contribution < -0.4 is 0 Å². The smallest absolute Gasteiger partial charge is 0.339 e. The maximum Gasteiger partial charge on any atom is 0.339 e. The Morgan fingerprint density at radius 2 is 2.42 bits per heavy atom. The fraction of sp³-hybridized carbons (Fsp3) is 0.250. The molecule has 1 aromatic heterocycles. The van der Waals surface area contributed by atoms with E-state index in [2.05, 4.69) is 15.5 Å². The molecule has 1 atom stereocenters. The van der Waals surface area contributed by atoms with Crippen LogP contribution in [0.2, 0.25) is 0 Å². The third-order valence-corrected chi connectivity index (χ3v) is 2.46. The number of tetrazole rings is 1. The maximum atomic E-state index is 11.9. The van der Waals surface area contributed by atoms with Crippen LogP contribution in [0, 0.1) is 11.3 Å². The standard InChI is InChI=1S/C12H11N5O2/c1-2-11(7-13)19-12(18)9-4-3-5-10(6-9)17-8-14-15-16-17/h3-6,8,11H,2H2,1H3/t11-/m0/s1. The van der Waals surface area contributed by atoms with Crippen molar-refractivity contribution in [3.05, 3.63) is 36.2 Å². The minimum Gasteiger partial charge on any atom is -0.443 e. The summed E-state index contributed by atoms with van der Waals surface area (Å²) in [4.78, 5) is 11.9. The minimum atomic E-state index is -0.732. The number of rotatable bonds is 4. The molecule has 0 spiro atoms. The van der Waals surface area contributed by atoms with E-state index < -0.39 is 12.1 Å². The Morgan fingerprint density at radius 1 is 1.58 bits per heavy atom. The van der Waals surface area contributed by atoms with E-state index in [1.54, 1.807) is 31.2 Å². The van der Waals surface area contributed by atoms with Gasteiger partial charge in [-0.15, -0.1) is 5.10 Å². The Bertz CT molecular complexity index is 603. The molecule has 0 radical (unpaired) electrons. The van der Waals surface area contributed by atoms with Gasteiger partial charge in [-0.25, -0.2) is 9.48 Å². The first kappa shape index (κ1) is 12.7. The molecule has 1 heterocycles. The summed E-state index contributed by atoms with van der Waals surface area (Å²) in [7, 11) is 0. The predicted molar refractivity (Wildman–Crippen MR) is 64.3 cm³/mol. The number of aromatic nitrogens is 4. The Hall–Kier alpha value is -2.75. The van der Waals surface area contributed by atoms with Gasteiger partial charge in [0, 0.05) is 0 Å². The summed E-state index contributed by atoms with van der Waals surface area (Å²) in [5.74, 6) is -0.539. The van der Waals surface area contributed by atoms with Gasteiger partial charge in [-0.05, 0) is 35.0 Å². The summed E-state index contributed by atoms with van der Waals surface area (Å²) in [6, 6.07) is 8.58. The Balaban J connectivity index is 2.20. The number of nitriles is 1. The lowest BCUT2D eigenvalue weighted by atomic mass is 10.2. The summed E-state index contributed by atoms with van der Waals surface area (Å²) >= 11 is 0. The molecule has 0 amide bonds. The van der Waals surface area contributed by atoms with Gasteiger partial charge in [-0.1, -0.05) is 13.0 Å². The van der Waals surface area contributed by atoms with E-state index in [-0.39, 0.29) is 0 Å². The van der Waals surface area contributed by atoms with E-state index in [1.165, 1.54) is 11.0 Å². The predicted octanol–water partition coefficient (Wildman–Crippen LogP) is 1.12. The quantitative estimate of drug-likeness (QED) is 0.762. The molecule has 0 saturated carbocycles. The van der Waals surface area contributed by atoms with Gasteiger partial charge in [-0.3, -0.25) is 0 Å². The fourth-order valence-corrected chi connectivity index (χ4v) is 1.45. The lowest BCUT2D eigenvalue weighted by Crippen LogP contribution is -2.15. The maximum absolute atomic E-state index is 11.9. The first-order valence-corrected chi connectivity index (χ1v) is 5.68. The molecule has 0 N–H and O–H groups in total. The van der Waals surface area contributed by atoms with Gasteiger partial charge in [0.2, 0.25) is 0 Å². The summed E-state index contributed by atoms with van der Waals surface area (Å²) in [6.07, 6.45) is 1.15. The highest BCUT2D eigenvalue weighted by atomic mass is 16.5. The van der Waals surface area contributed by atoms with Crippen molar-refractivity contribution in [1.82, 2.24) is 20.2 Å². The number of carbonyl (C=O) groups excluding carboxylic acids is 1. The largest absolute Gasteiger partial charge is 0.443 e. The van der Waals surface area contributed by atoms with Gasteiger partial charge < -0.3 is 4.74 Å². The van der Waals surface area contributed by atoms with Crippen molar-refractivity contribution in [1.29, 1.82) is 5.26 Å². The number of carbonyl (C=O) groups is 1. The number of nitrogens with zero attached hydrogens (tertiary/aromatic N) is 5. The first-order valence-electron chi connectivity index (χ1n) is 5.68. The first-order chi connectivity index (χ1) is 9.24. The van der Waals surface area contributed by atoms with E-state index >= 15 is 0 Å². The second kappa shape index (κ2) is 5.73. The van der Waals surface area contributed by atoms with Crippen molar-refractivity contribution in [2.24, 2.45) is 0 Å². The molecule has 7 heteroatoms. The van der Waals surface area contributed by atoms with Crippen LogP contribution in [-0.4, -0.2) is 32.3 Å². The monoisotopic (exact) mass is 257 g/mol. The van der Waals surface area contributed by atoms with Crippen molar-refractivity contribution in [2.75, 3.05) is 0 Å². The molecule has 2 aromatic rings. The Labute approximate surface area is 109 Å². The van der Waals surface area contributed by atoms with Gasteiger partial charge in [-0.2, -0.15) is 5.26 Å². The van der Waals surface area contributed by atoms with Crippen LogP contribution in [0.5, 0.6) is 0 Å². The molecule has 19 heavy (non-hydrogen) atoms. The Kier molecular flexibility index (Phi) is 3.83. The average Bonchev–Trinajstić information content (AvgIpc) is 2.99. The highest BCUT2D eigenvalue weighted by Gasteiger charge is 2.14. The molecule has 7 nitrogen and oxygen atoms in total. The highest BCUT2D eigenvalue weighted by molar-refractivity contribution is 5.90.